The molecule has 238 valence electrons. The number of halogens is 12. The van der Waals surface area contributed by atoms with Gasteiger partial charge in [0.2, 0.25) is 0 Å². The molecule has 2 nitrogen and oxygen atoms in total. The van der Waals surface area contributed by atoms with Gasteiger partial charge in [0.05, 0.1) is 13.2 Å². The summed E-state index contributed by atoms with van der Waals surface area (Å²) in [6.07, 6.45) is -22.3. The van der Waals surface area contributed by atoms with Crippen LogP contribution < -0.4 is 0 Å². The van der Waals surface area contributed by atoms with Crippen LogP contribution in [0.4, 0.5) is 52.7 Å². The molecule has 0 saturated carbocycles. The van der Waals surface area contributed by atoms with Crippen LogP contribution in [-0.4, -0.2) is 24.7 Å². The first-order valence-corrected chi connectivity index (χ1v) is 12.3. The summed E-state index contributed by atoms with van der Waals surface area (Å²) >= 11 is 0. The van der Waals surface area contributed by atoms with Crippen LogP contribution in [0.1, 0.15) is 33.4 Å². The number of rotatable bonds is 10. The van der Waals surface area contributed by atoms with Gasteiger partial charge < -0.3 is 9.47 Å². The highest BCUT2D eigenvalue weighted by Gasteiger charge is 2.75. The Morgan fingerprint density at radius 1 is 0.432 bits per heavy atom. The smallest absolute Gasteiger partial charge is 0.349 e. The van der Waals surface area contributed by atoms with E-state index in [9.17, 15) is 52.7 Å². The highest BCUT2D eigenvalue weighted by molar-refractivity contribution is 5.48. The Hall–Kier alpha value is -3.78. The average molecular weight is 642 g/mol. The zero-order chi connectivity index (χ0) is 33.2. The van der Waals surface area contributed by atoms with Crippen molar-refractivity contribution in [3.8, 4) is 0 Å². The number of alkyl halides is 12. The molecule has 44 heavy (non-hydrogen) atoms. The van der Waals surface area contributed by atoms with Crippen molar-refractivity contribution in [3.63, 3.8) is 0 Å². The number of hydrogen-bond donors (Lipinski definition) is 0. The third-order valence-electron chi connectivity index (χ3n) is 6.64. The minimum absolute atomic E-state index is 0.146. The van der Waals surface area contributed by atoms with Gasteiger partial charge in [0, 0.05) is 11.1 Å². The van der Waals surface area contributed by atoms with Crippen molar-refractivity contribution in [3.05, 3.63) is 119 Å². The summed E-state index contributed by atoms with van der Waals surface area (Å²) in [4.78, 5) is 0. The molecule has 0 fully saturated rings. The van der Waals surface area contributed by atoms with Crippen molar-refractivity contribution in [2.75, 3.05) is 0 Å². The summed E-state index contributed by atoms with van der Waals surface area (Å²) in [7, 11) is 0. The molecule has 0 aliphatic heterocycles. The van der Waals surface area contributed by atoms with Crippen LogP contribution in [-0.2, 0) is 33.9 Å². The summed E-state index contributed by atoms with van der Waals surface area (Å²) in [5, 5.41) is 0. The largest absolute Gasteiger partial charge is 0.430 e. The van der Waals surface area contributed by atoms with E-state index in [-0.39, 0.29) is 35.4 Å². The van der Waals surface area contributed by atoms with E-state index in [1.165, 1.54) is 36.4 Å². The second kappa shape index (κ2) is 12.3. The molecule has 0 aliphatic rings. The molecule has 0 radical (unpaired) electrons. The Morgan fingerprint density at radius 2 is 0.682 bits per heavy atom. The lowest BCUT2D eigenvalue weighted by Gasteiger charge is -2.39. The molecule has 0 amide bonds. The lowest BCUT2D eigenvalue weighted by molar-refractivity contribution is -0.394. The summed E-state index contributed by atoms with van der Waals surface area (Å²) in [6.45, 7) is 4.36. The number of ether oxygens (including phenoxy) is 2. The van der Waals surface area contributed by atoms with Crippen molar-refractivity contribution in [2.24, 2.45) is 0 Å². The van der Waals surface area contributed by atoms with Gasteiger partial charge in [-0.15, -0.1) is 0 Å². The fraction of sp³-hybridized carbons (Fsp3) is 0.267. The molecule has 0 atom stereocenters. The van der Waals surface area contributed by atoms with Gasteiger partial charge in [-0.2, -0.15) is 52.7 Å². The Bertz CT molecular complexity index is 1280. The SMILES string of the molecule is C=Cc1ccc(COC(c2ccc(C(OCc3ccc(C=C)cc3)(C(F)(F)F)C(F)(F)F)cc2)(C(F)(F)F)C(F)(F)F)cc1. The van der Waals surface area contributed by atoms with Crippen molar-refractivity contribution >= 4 is 12.2 Å². The van der Waals surface area contributed by atoms with Crippen LogP contribution in [0.5, 0.6) is 0 Å². The highest BCUT2D eigenvalue weighted by Crippen LogP contribution is 2.56. The monoisotopic (exact) mass is 642 g/mol. The second-order valence-electron chi connectivity index (χ2n) is 9.40. The first-order chi connectivity index (χ1) is 20.2. The van der Waals surface area contributed by atoms with E-state index in [0.29, 0.717) is 11.1 Å². The Balaban J connectivity index is 2.12. The predicted octanol–water partition coefficient (Wildman–Crippen LogP) is 10.0. The maximum absolute atomic E-state index is 14.2. The van der Waals surface area contributed by atoms with E-state index in [2.05, 4.69) is 22.6 Å². The van der Waals surface area contributed by atoms with Gasteiger partial charge in [-0.3, -0.25) is 0 Å². The Kier molecular flexibility index (Phi) is 9.71. The summed E-state index contributed by atoms with van der Waals surface area (Å²) in [5.41, 5.74) is -13.2. The lowest BCUT2D eigenvalue weighted by Crippen LogP contribution is -2.57. The van der Waals surface area contributed by atoms with Gasteiger partial charge in [0.15, 0.2) is 0 Å². The van der Waals surface area contributed by atoms with Crippen LogP contribution in [0.2, 0.25) is 0 Å². The van der Waals surface area contributed by atoms with Gasteiger partial charge in [-0.25, -0.2) is 0 Å². The molecule has 0 aromatic heterocycles. The van der Waals surface area contributed by atoms with Crippen LogP contribution in [0.15, 0.2) is 86.0 Å². The Morgan fingerprint density at radius 3 is 0.886 bits per heavy atom. The van der Waals surface area contributed by atoms with Crippen LogP contribution in [0, 0.1) is 0 Å². The van der Waals surface area contributed by atoms with Crippen molar-refractivity contribution in [2.45, 2.75) is 49.1 Å². The Labute approximate surface area is 243 Å². The summed E-state index contributed by atoms with van der Waals surface area (Å²) < 4.78 is 179. The maximum Gasteiger partial charge on any atom is 0.430 e. The number of benzene rings is 3. The van der Waals surface area contributed by atoms with Gasteiger partial charge in [0.1, 0.15) is 0 Å². The average Bonchev–Trinajstić information content (AvgIpc) is 2.92. The second-order valence-corrected chi connectivity index (χ2v) is 9.40. The van der Waals surface area contributed by atoms with E-state index in [1.54, 1.807) is 0 Å². The first kappa shape index (κ1) is 34.7. The minimum Gasteiger partial charge on any atom is -0.349 e. The molecule has 0 spiro atoms. The zero-order valence-corrected chi connectivity index (χ0v) is 22.3. The molecule has 0 saturated heterocycles. The quantitative estimate of drug-likeness (QED) is 0.205. The molecule has 0 aliphatic carbocycles. The molecule has 0 unspecified atom stereocenters. The molecular weight excluding hydrogens is 620 g/mol. The maximum atomic E-state index is 14.2. The summed E-state index contributed by atoms with van der Waals surface area (Å²) in [5.74, 6) is 0. The predicted molar refractivity (Wildman–Crippen MR) is 137 cm³/mol. The van der Waals surface area contributed by atoms with Crippen molar-refractivity contribution in [1.29, 1.82) is 0 Å². The zero-order valence-electron chi connectivity index (χ0n) is 22.3. The molecule has 0 N–H and O–H groups in total. The van der Waals surface area contributed by atoms with E-state index in [4.69, 9.17) is 0 Å². The van der Waals surface area contributed by atoms with Gasteiger partial charge in [-0.1, -0.05) is 98.1 Å². The van der Waals surface area contributed by atoms with Gasteiger partial charge in [0.25, 0.3) is 11.2 Å². The molecule has 3 rings (SSSR count). The molecule has 3 aromatic carbocycles. The fourth-order valence-electron chi connectivity index (χ4n) is 4.29. The molecule has 0 bridgehead atoms. The lowest BCUT2D eigenvalue weighted by atomic mass is 9.86. The normalized spacial score (nSPS) is 13.5. The van der Waals surface area contributed by atoms with E-state index >= 15 is 0 Å². The van der Waals surface area contributed by atoms with Crippen molar-refractivity contribution < 1.29 is 62.2 Å². The van der Waals surface area contributed by atoms with Gasteiger partial charge >= 0.3 is 24.7 Å². The standard InChI is InChI=1S/C30H22F12O2/c1-3-19-5-9-21(10-6-19)17-43-25(27(31,32)33,28(34,35)36)23-13-15-24(16-14-23)26(29(37,38)39,30(40,41)42)44-18-22-11-7-20(4-2)8-12-22/h3-16H,1-2,17-18H2. The van der Waals surface area contributed by atoms with E-state index < -0.39 is 60.2 Å². The molecule has 0 heterocycles. The summed E-state index contributed by atoms with van der Waals surface area (Å²) in [6, 6.07) is 9.32. The fourth-order valence-corrected chi connectivity index (χ4v) is 4.29. The van der Waals surface area contributed by atoms with Gasteiger partial charge in [-0.05, 0) is 22.3 Å². The molecule has 3 aromatic rings. The molecular formula is C30H22F12O2. The highest BCUT2D eigenvalue weighted by atomic mass is 19.4. The first-order valence-electron chi connectivity index (χ1n) is 12.3. The topological polar surface area (TPSA) is 18.5 Å². The van der Waals surface area contributed by atoms with Crippen LogP contribution >= 0.6 is 0 Å². The van der Waals surface area contributed by atoms with Crippen LogP contribution in [0.3, 0.4) is 0 Å². The minimum atomic E-state index is -6.26. The third kappa shape index (κ3) is 6.50. The van der Waals surface area contributed by atoms with E-state index in [1.807, 2.05) is 0 Å². The van der Waals surface area contributed by atoms with Crippen molar-refractivity contribution in [1.82, 2.24) is 0 Å². The van der Waals surface area contributed by atoms with E-state index in [0.717, 1.165) is 24.3 Å². The number of hydrogen-bond acceptors (Lipinski definition) is 2. The van der Waals surface area contributed by atoms with Crippen LogP contribution in [0.25, 0.3) is 12.2 Å². The molecule has 14 heteroatoms. The third-order valence-corrected chi connectivity index (χ3v) is 6.64.